The van der Waals surface area contributed by atoms with E-state index in [2.05, 4.69) is 98.6 Å². The lowest BCUT2D eigenvalue weighted by Crippen LogP contribution is -2.11. The van der Waals surface area contributed by atoms with Gasteiger partial charge in [0.25, 0.3) is 0 Å². The molecule has 0 aliphatic carbocycles. The Morgan fingerprint density at radius 3 is 1.44 bits per heavy atom. The Balaban J connectivity index is 1.73. The molecule has 204 valence electrons. The Hall–Kier alpha value is -4.12. The molecule has 0 N–H and O–H groups in total. The molecule has 0 saturated carbocycles. The van der Waals surface area contributed by atoms with Gasteiger partial charge in [0, 0.05) is 28.2 Å². The Morgan fingerprint density at radius 2 is 1.05 bits per heavy atom. The summed E-state index contributed by atoms with van der Waals surface area (Å²) in [7, 11) is 0. The van der Waals surface area contributed by atoms with Crippen LogP contribution in [0.3, 0.4) is 0 Å². The minimum Gasteiger partial charge on any atom is -0.462 e. The van der Waals surface area contributed by atoms with E-state index in [4.69, 9.17) is 9.47 Å². The zero-order chi connectivity index (χ0) is 28.4. The lowest BCUT2D eigenvalue weighted by atomic mass is 10.1. The molecule has 3 aromatic rings. The molecule has 0 aliphatic rings. The minimum absolute atomic E-state index is 0.341. The molecule has 0 amide bonds. The third-order valence-electron chi connectivity index (χ3n) is 6.52. The maximum atomic E-state index is 11.6. The summed E-state index contributed by atoms with van der Waals surface area (Å²) in [5, 5.41) is 0. The van der Waals surface area contributed by atoms with E-state index >= 15 is 0 Å². The van der Waals surface area contributed by atoms with Gasteiger partial charge in [-0.2, -0.15) is 0 Å². The van der Waals surface area contributed by atoms with Gasteiger partial charge in [-0.05, 0) is 112 Å². The summed E-state index contributed by atoms with van der Waals surface area (Å²) < 4.78 is 10.4. The van der Waals surface area contributed by atoms with Gasteiger partial charge in [-0.1, -0.05) is 43.5 Å². The molecule has 0 unspecified atom stereocenters. The predicted molar refractivity (Wildman–Crippen MR) is 159 cm³/mol. The van der Waals surface area contributed by atoms with Crippen molar-refractivity contribution in [3.8, 4) is 0 Å². The van der Waals surface area contributed by atoms with Gasteiger partial charge in [0.05, 0.1) is 13.2 Å². The number of ether oxygens (including phenoxy) is 2. The van der Waals surface area contributed by atoms with Crippen LogP contribution in [-0.4, -0.2) is 25.2 Å². The highest BCUT2D eigenvalue weighted by molar-refractivity contribution is 5.87. The quantitative estimate of drug-likeness (QED) is 0.129. The second-order valence-electron chi connectivity index (χ2n) is 9.98. The topological polar surface area (TPSA) is 55.8 Å². The molecule has 5 heteroatoms. The average Bonchev–Trinajstić information content (AvgIpc) is 2.92. The second kappa shape index (κ2) is 14.1. The van der Waals surface area contributed by atoms with Crippen molar-refractivity contribution in [2.75, 3.05) is 18.1 Å². The van der Waals surface area contributed by atoms with E-state index in [1.807, 2.05) is 0 Å². The molecule has 0 saturated heterocycles. The molecule has 0 atom stereocenters. The SMILES string of the molecule is C=C(C)C(=O)OCCCc1ccc(N(c2ccc(CCCOC(=O)C(=C)C)cc2)c2ccc(C)c(C)c2)cc1. The number of benzene rings is 3. The first kappa shape index (κ1) is 29.4. The number of nitrogens with zero attached hydrogens (tertiary/aromatic N) is 1. The summed E-state index contributed by atoms with van der Waals surface area (Å²) >= 11 is 0. The van der Waals surface area contributed by atoms with Crippen molar-refractivity contribution in [1.82, 2.24) is 0 Å². The van der Waals surface area contributed by atoms with Crippen LogP contribution in [0, 0.1) is 13.8 Å². The van der Waals surface area contributed by atoms with Crippen molar-refractivity contribution >= 4 is 29.0 Å². The van der Waals surface area contributed by atoms with Crippen LogP contribution in [0.2, 0.25) is 0 Å². The monoisotopic (exact) mass is 525 g/mol. The van der Waals surface area contributed by atoms with E-state index in [1.54, 1.807) is 13.8 Å². The van der Waals surface area contributed by atoms with E-state index in [-0.39, 0.29) is 11.9 Å². The lowest BCUT2D eigenvalue weighted by Gasteiger charge is -2.26. The number of esters is 2. The molecule has 0 spiro atoms. The number of aryl methyl sites for hydroxylation is 4. The summed E-state index contributed by atoms with van der Waals surface area (Å²) in [5.74, 6) is -0.682. The number of hydrogen-bond donors (Lipinski definition) is 0. The first-order valence-electron chi connectivity index (χ1n) is 13.4. The molecule has 5 nitrogen and oxygen atoms in total. The Labute approximate surface area is 232 Å². The molecule has 0 radical (unpaired) electrons. The van der Waals surface area contributed by atoms with Crippen LogP contribution >= 0.6 is 0 Å². The maximum absolute atomic E-state index is 11.6. The van der Waals surface area contributed by atoms with E-state index in [0.717, 1.165) is 42.7 Å². The largest absolute Gasteiger partial charge is 0.462 e. The van der Waals surface area contributed by atoms with Crippen molar-refractivity contribution in [2.45, 2.75) is 53.4 Å². The van der Waals surface area contributed by atoms with Gasteiger partial charge < -0.3 is 14.4 Å². The first-order valence-corrected chi connectivity index (χ1v) is 13.4. The molecule has 0 aliphatic heterocycles. The second-order valence-corrected chi connectivity index (χ2v) is 9.98. The summed E-state index contributed by atoms with van der Waals surface area (Å²) in [4.78, 5) is 25.4. The third-order valence-corrected chi connectivity index (χ3v) is 6.52. The highest BCUT2D eigenvalue weighted by Gasteiger charge is 2.14. The molecule has 0 heterocycles. The fourth-order valence-corrected chi connectivity index (χ4v) is 4.06. The van der Waals surface area contributed by atoms with Gasteiger partial charge in [-0.15, -0.1) is 0 Å². The van der Waals surface area contributed by atoms with Gasteiger partial charge in [-0.25, -0.2) is 9.59 Å². The maximum Gasteiger partial charge on any atom is 0.333 e. The summed E-state index contributed by atoms with van der Waals surface area (Å²) in [6.07, 6.45) is 3.16. The number of carbonyl (C=O) groups excluding carboxylic acids is 2. The standard InChI is InChI=1S/C34H39NO4/c1-24(2)33(36)38-21-7-9-28-12-17-30(18-13-28)35(32-16-11-26(5)27(6)23-32)31-19-14-29(15-20-31)10-8-22-39-34(37)25(3)4/h11-20,23H,1,3,7-10,21-22H2,2,4-6H3. The van der Waals surface area contributed by atoms with Gasteiger partial charge in [-0.3, -0.25) is 0 Å². The van der Waals surface area contributed by atoms with Crippen molar-refractivity contribution in [3.05, 3.63) is 113 Å². The third kappa shape index (κ3) is 8.71. The van der Waals surface area contributed by atoms with Crippen molar-refractivity contribution in [3.63, 3.8) is 0 Å². The number of hydrogen-bond acceptors (Lipinski definition) is 5. The van der Waals surface area contributed by atoms with E-state index in [1.165, 1.54) is 22.3 Å². The Morgan fingerprint density at radius 1 is 0.641 bits per heavy atom. The van der Waals surface area contributed by atoms with Gasteiger partial charge in [0.2, 0.25) is 0 Å². The Bertz CT molecular complexity index is 1230. The average molecular weight is 526 g/mol. The van der Waals surface area contributed by atoms with Crippen molar-refractivity contribution in [1.29, 1.82) is 0 Å². The zero-order valence-electron chi connectivity index (χ0n) is 23.6. The minimum atomic E-state index is -0.341. The highest BCUT2D eigenvalue weighted by atomic mass is 16.5. The smallest absolute Gasteiger partial charge is 0.333 e. The number of rotatable bonds is 13. The van der Waals surface area contributed by atoms with Crippen molar-refractivity contribution in [2.24, 2.45) is 0 Å². The van der Waals surface area contributed by atoms with Crippen LogP contribution in [0.25, 0.3) is 0 Å². The fourth-order valence-electron chi connectivity index (χ4n) is 4.06. The predicted octanol–water partition coefficient (Wildman–Crippen LogP) is 7.88. The van der Waals surface area contributed by atoms with E-state index < -0.39 is 0 Å². The molecule has 39 heavy (non-hydrogen) atoms. The molecule has 0 aromatic heterocycles. The summed E-state index contributed by atoms with van der Waals surface area (Å²) in [6, 6.07) is 23.6. The van der Waals surface area contributed by atoms with E-state index in [0.29, 0.717) is 24.4 Å². The summed E-state index contributed by atoms with van der Waals surface area (Å²) in [5.41, 5.74) is 8.93. The van der Waals surface area contributed by atoms with E-state index in [9.17, 15) is 9.59 Å². The van der Waals surface area contributed by atoms with Gasteiger partial charge in [0.1, 0.15) is 0 Å². The highest BCUT2D eigenvalue weighted by Crippen LogP contribution is 2.35. The Kier molecular flexibility index (Phi) is 10.7. The van der Waals surface area contributed by atoms with Crippen LogP contribution in [0.5, 0.6) is 0 Å². The zero-order valence-corrected chi connectivity index (χ0v) is 23.6. The van der Waals surface area contributed by atoms with Gasteiger partial charge in [0.15, 0.2) is 0 Å². The first-order chi connectivity index (χ1) is 18.7. The number of carbonyl (C=O) groups is 2. The van der Waals surface area contributed by atoms with Crippen LogP contribution in [0.4, 0.5) is 17.1 Å². The van der Waals surface area contributed by atoms with Crippen LogP contribution in [0.15, 0.2) is 91.0 Å². The van der Waals surface area contributed by atoms with Crippen LogP contribution < -0.4 is 4.90 Å². The van der Waals surface area contributed by atoms with Crippen LogP contribution in [0.1, 0.15) is 48.9 Å². The lowest BCUT2D eigenvalue weighted by molar-refractivity contribution is -0.139. The summed E-state index contributed by atoms with van der Waals surface area (Å²) in [6.45, 7) is 15.5. The van der Waals surface area contributed by atoms with Gasteiger partial charge >= 0.3 is 11.9 Å². The van der Waals surface area contributed by atoms with Crippen LogP contribution in [-0.2, 0) is 31.9 Å². The molecule has 3 rings (SSSR count). The molecular formula is C34H39NO4. The molecular weight excluding hydrogens is 486 g/mol. The number of anilines is 3. The molecule has 3 aromatic carbocycles. The van der Waals surface area contributed by atoms with Crippen molar-refractivity contribution < 1.29 is 19.1 Å². The molecule has 0 bridgehead atoms. The fraction of sp³-hybridized carbons (Fsp3) is 0.294. The molecule has 0 fully saturated rings. The normalized spacial score (nSPS) is 10.6.